The van der Waals surface area contributed by atoms with Gasteiger partial charge < -0.3 is 4.74 Å². The van der Waals surface area contributed by atoms with E-state index in [2.05, 4.69) is 32.9 Å². The summed E-state index contributed by atoms with van der Waals surface area (Å²) in [5.41, 5.74) is 0.245. The van der Waals surface area contributed by atoms with Crippen LogP contribution in [0, 0.1) is 23.2 Å². The highest BCUT2D eigenvalue weighted by molar-refractivity contribution is 5.74. The summed E-state index contributed by atoms with van der Waals surface area (Å²) in [7, 11) is 0. The van der Waals surface area contributed by atoms with Crippen LogP contribution in [-0.2, 0) is 9.53 Å². The SMILES string of the molecule is CC(C)(C)CCOC(=O)C1CC2C=CC1C2. The van der Waals surface area contributed by atoms with Crippen molar-refractivity contribution in [1.29, 1.82) is 0 Å². The number of hydrogen-bond donors (Lipinski definition) is 0. The quantitative estimate of drug-likeness (QED) is 0.541. The average Bonchev–Trinajstić information content (AvgIpc) is 2.76. The molecular formula is C14H22O2. The first-order valence-electron chi connectivity index (χ1n) is 6.31. The van der Waals surface area contributed by atoms with Gasteiger partial charge in [0, 0.05) is 0 Å². The van der Waals surface area contributed by atoms with E-state index >= 15 is 0 Å². The number of hydrogen-bond acceptors (Lipinski definition) is 2. The van der Waals surface area contributed by atoms with E-state index in [1.807, 2.05) is 0 Å². The summed E-state index contributed by atoms with van der Waals surface area (Å²) in [6.07, 6.45) is 7.57. The molecule has 16 heavy (non-hydrogen) atoms. The van der Waals surface area contributed by atoms with Crippen molar-refractivity contribution < 1.29 is 9.53 Å². The van der Waals surface area contributed by atoms with Crippen molar-refractivity contribution in [2.75, 3.05) is 6.61 Å². The molecule has 0 aromatic rings. The van der Waals surface area contributed by atoms with Crippen LogP contribution >= 0.6 is 0 Å². The molecule has 2 bridgehead atoms. The van der Waals surface area contributed by atoms with Crippen LogP contribution in [0.5, 0.6) is 0 Å². The van der Waals surface area contributed by atoms with E-state index in [4.69, 9.17) is 4.74 Å². The van der Waals surface area contributed by atoms with E-state index in [-0.39, 0.29) is 17.3 Å². The highest BCUT2D eigenvalue weighted by Gasteiger charge is 2.40. The Bertz CT molecular complexity index is 298. The zero-order valence-corrected chi connectivity index (χ0v) is 10.5. The zero-order valence-electron chi connectivity index (χ0n) is 10.5. The minimum Gasteiger partial charge on any atom is -0.465 e. The van der Waals surface area contributed by atoms with Crippen LogP contribution in [0.3, 0.4) is 0 Å². The van der Waals surface area contributed by atoms with Crippen molar-refractivity contribution in [3.8, 4) is 0 Å². The van der Waals surface area contributed by atoms with Crippen molar-refractivity contribution in [3.63, 3.8) is 0 Å². The van der Waals surface area contributed by atoms with Crippen LogP contribution in [0.25, 0.3) is 0 Å². The maximum absolute atomic E-state index is 11.9. The van der Waals surface area contributed by atoms with Gasteiger partial charge in [-0.05, 0) is 36.5 Å². The molecule has 2 aliphatic carbocycles. The van der Waals surface area contributed by atoms with Crippen LogP contribution in [-0.4, -0.2) is 12.6 Å². The second-order valence-electron chi connectivity index (χ2n) is 6.36. The molecule has 0 aliphatic heterocycles. The number of carbonyl (C=O) groups excluding carboxylic acids is 1. The second-order valence-corrected chi connectivity index (χ2v) is 6.36. The van der Waals surface area contributed by atoms with Gasteiger partial charge in [0.25, 0.3) is 0 Å². The van der Waals surface area contributed by atoms with Gasteiger partial charge in [-0.15, -0.1) is 0 Å². The topological polar surface area (TPSA) is 26.3 Å². The Kier molecular flexibility index (Phi) is 3.09. The first-order chi connectivity index (χ1) is 7.46. The third-order valence-electron chi connectivity index (χ3n) is 3.68. The molecule has 2 rings (SSSR count). The molecule has 1 saturated carbocycles. The third-order valence-corrected chi connectivity index (χ3v) is 3.68. The lowest BCUT2D eigenvalue weighted by Crippen LogP contribution is -2.23. The molecule has 0 spiro atoms. The van der Waals surface area contributed by atoms with Gasteiger partial charge in [-0.25, -0.2) is 0 Å². The van der Waals surface area contributed by atoms with Crippen LogP contribution in [0.4, 0.5) is 0 Å². The fraction of sp³-hybridized carbons (Fsp3) is 0.786. The first-order valence-corrected chi connectivity index (χ1v) is 6.31. The molecule has 0 heterocycles. The van der Waals surface area contributed by atoms with Gasteiger partial charge >= 0.3 is 5.97 Å². The van der Waals surface area contributed by atoms with Gasteiger partial charge in [-0.2, -0.15) is 0 Å². The number of esters is 1. The number of ether oxygens (including phenoxy) is 1. The molecule has 2 aliphatic rings. The van der Waals surface area contributed by atoms with Gasteiger partial charge in [0.2, 0.25) is 0 Å². The summed E-state index contributed by atoms with van der Waals surface area (Å²) in [5, 5.41) is 0. The molecule has 0 amide bonds. The van der Waals surface area contributed by atoms with E-state index in [0.717, 1.165) is 12.8 Å². The lowest BCUT2D eigenvalue weighted by molar-refractivity contribution is -0.150. The highest BCUT2D eigenvalue weighted by atomic mass is 16.5. The van der Waals surface area contributed by atoms with Crippen LogP contribution in [0.2, 0.25) is 0 Å². The molecule has 0 aromatic heterocycles. The molecule has 90 valence electrons. The molecule has 0 saturated heterocycles. The summed E-state index contributed by atoms with van der Waals surface area (Å²) in [6.45, 7) is 7.07. The summed E-state index contributed by atoms with van der Waals surface area (Å²) in [5.74, 6) is 1.29. The monoisotopic (exact) mass is 222 g/mol. The standard InChI is InChI=1S/C14H22O2/c1-14(2,3)6-7-16-13(15)12-9-10-4-5-11(12)8-10/h4-5,10-12H,6-9H2,1-3H3. The van der Waals surface area contributed by atoms with E-state index in [9.17, 15) is 4.79 Å². The largest absolute Gasteiger partial charge is 0.465 e. The Labute approximate surface area is 98.1 Å². The van der Waals surface area contributed by atoms with Gasteiger partial charge in [0.05, 0.1) is 12.5 Å². The lowest BCUT2D eigenvalue weighted by Gasteiger charge is -2.20. The summed E-state index contributed by atoms with van der Waals surface area (Å²) < 4.78 is 5.38. The Hall–Kier alpha value is -0.790. The number of carbonyl (C=O) groups is 1. The van der Waals surface area contributed by atoms with Crippen LogP contribution in [0.15, 0.2) is 12.2 Å². The minimum absolute atomic E-state index is 0.0288. The summed E-state index contributed by atoms with van der Waals surface area (Å²) in [6, 6.07) is 0. The highest BCUT2D eigenvalue weighted by Crippen LogP contribution is 2.43. The molecule has 2 nitrogen and oxygen atoms in total. The fourth-order valence-electron chi connectivity index (χ4n) is 2.62. The molecule has 1 fully saturated rings. The van der Waals surface area contributed by atoms with Gasteiger partial charge in [0.1, 0.15) is 0 Å². The maximum Gasteiger partial charge on any atom is 0.309 e. The lowest BCUT2D eigenvalue weighted by atomic mass is 9.92. The normalized spacial score (nSPS) is 32.1. The van der Waals surface area contributed by atoms with Crippen molar-refractivity contribution >= 4 is 5.97 Å². The van der Waals surface area contributed by atoms with Gasteiger partial charge in [-0.3, -0.25) is 4.79 Å². The fourth-order valence-corrected chi connectivity index (χ4v) is 2.62. The molecule has 3 atom stereocenters. The molecule has 0 N–H and O–H groups in total. The predicted molar refractivity (Wildman–Crippen MR) is 63.9 cm³/mol. The number of allylic oxidation sites excluding steroid dienone is 2. The number of rotatable bonds is 3. The minimum atomic E-state index is 0.0288. The predicted octanol–water partition coefficient (Wildman–Crippen LogP) is 3.18. The van der Waals surface area contributed by atoms with E-state index in [1.54, 1.807) is 0 Å². The van der Waals surface area contributed by atoms with Gasteiger partial charge in [0.15, 0.2) is 0 Å². The first kappa shape index (κ1) is 11.7. The molecule has 3 unspecified atom stereocenters. The van der Waals surface area contributed by atoms with E-state index in [0.29, 0.717) is 18.4 Å². The maximum atomic E-state index is 11.9. The Balaban J connectivity index is 1.75. The van der Waals surface area contributed by atoms with Crippen molar-refractivity contribution in [1.82, 2.24) is 0 Å². The molecule has 0 radical (unpaired) electrons. The van der Waals surface area contributed by atoms with E-state index in [1.165, 1.54) is 6.42 Å². The van der Waals surface area contributed by atoms with Crippen molar-refractivity contribution in [3.05, 3.63) is 12.2 Å². The Morgan fingerprint density at radius 1 is 1.31 bits per heavy atom. The van der Waals surface area contributed by atoms with E-state index < -0.39 is 0 Å². The Morgan fingerprint density at radius 3 is 2.56 bits per heavy atom. The molecule has 2 heteroatoms. The van der Waals surface area contributed by atoms with Crippen molar-refractivity contribution in [2.24, 2.45) is 23.2 Å². The third kappa shape index (κ3) is 2.66. The van der Waals surface area contributed by atoms with Crippen molar-refractivity contribution in [2.45, 2.75) is 40.0 Å². The van der Waals surface area contributed by atoms with Gasteiger partial charge in [-0.1, -0.05) is 32.9 Å². The molecular weight excluding hydrogens is 200 g/mol. The Morgan fingerprint density at radius 2 is 2.06 bits per heavy atom. The number of fused-ring (bicyclic) bond motifs is 2. The average molecular weight is 222 g/mol. The zero-order chi connectivity index (χ0) is 11.8. The second kappa shape index (κ2) is 4.23. The summed E-state index contributed by atoms with van der Waals surface area (Å²) >= 11 is 0. The molecule has 0 aromatic carbocycles. The van der Waals surface area contributed by atoms with Crippen LogP contribution in [0.1, 0.15) is 40.0 Å². The summed E-state index contributed by atoms with van der Waals surface area (Å²) in [4.78, 5) is 11.9. The van der Waals surface area contributed by atoms with Crippen LogP contribution < -0.4 is 0 Å². The smallest absolute Gasteiger partial charge is 0.309 e.